The van der Waals surface area contributed by atoms with Crippen LogP contribution in [-0.4, -0.2) is 5.91 Å². The fourth-order valence-electron chi connectivity index (χ4n) is 1.80. The molecule has 0 atom stereocenters. The maximum atomic E-state index is 12.1. The number of thiol groups is 1. The van der Waals surface area contributed by atoms with Crippen LogP contribution in [0.4, 0.5) is 5.69 Å². The van der Waals surface area contributed by atoms with Crippen molar-refractivity contribution in [2.45, 2.75) is 18.7 Å². The van der Waals surface area contributed by atoms with E-state index in [2.05, 4.69) is 17.9 Å². The summed E-state index contributed by atoms with van der Waals surface area (Å²) in [7, 11) is 0. The molecule has 1 N–H and O–H groups in total. The minimum atomic E-state index is -0.113. The van der Waals surface area contributed by atoms with Crippen molar-refractivity contribution in [3.05, 3.63) is 59.2 Å². The highest BCUT2D eigenvalue weighted by Crippen LogP contribution is 2.17. The van der Waals surface area contributed by atoms with Crippen molar-refractivity contribution in [3.63, 3.8) is 0 Å². The van der Waals surface area contributed by atoms with Gasteiger partial charge in [-0.15, -0.1) is 12.6 Å². The minimum Gasteiger partial charge on any atom is -0.322 e. The Labute approximate surface area is 112 Å². The van der Waals surface area contributed by atoms with Crippen LogP contribution in [0.25, 0.3) is 0 Å². The van der Waals surface area contributed by atoms with E-state index in [4.69, 9.17) is 0 Å². The van der Waals surface area contributed by atoms with Gasteiger partial charge in [0.2, 0.25) is 0 Å². The molecule has 0 aliphatic carbocycles. The smallest absolute Gasteiger partial charge is 0.255 e. The van der Waals surface area contributed by atoms with Crippen LogP contribution in [-0.2, 0) is 0 Å². The molecule has 0 fully saturated rings. The number of carbonyl (C=O) groups excluding carboxylic acids is 1. The number of nitrogens with one attached hydrogen (secondary N) is 1. The molecule has 0 unspecified atom stereocenters. The lowest BCUT2D eigenvalue weighted by atomic mass is 10.1. The van der Waals surface area contributed by atoms with Gasteiger partial charge in [-0.05, 0) is 43.7 Å². The Morgan fingerprint density at radius 1 is 1.11 bits per heavy atom. The molecule has 0 bridgehead atoms. The monoisotopic (exact) mass is 257 g/mol. The number of anilines is 1. The van der Waals surface area contributed by atoms with E-state index in [9.17, 15) is 4.79 Å². The second kappa shape index (κ2) is 5.27. The lowest BCUT2D eigenvalue weighted by Gasteiger charge is -2.09. The number of hydrogen-bond acceptors (Lipinski definition) is 2. The van der Waals surface area contributed by atoms with E-state index >= 15 is 0 Å². The summed E-state index contributed by atoms with van der Waals surface area (Å²) >= 11 is 4.23. The largest absolute Gasteiger partial charge is 0.322 e. The van der Waals surface area contributed by atoms with Crippen molar-refractivity contribution >= 4 is 24.2 Å². The first kappa shape index (κ1) is 12.7. The van der Waals surface area contributed by atoms with Crippen molar-refractivity contribution in [1.29, 1.82) is 0 Å². The van der Waals surface area contributed by atoms with Gasteiger partial charge in [0.15, 0.2) is 0 Å². The van der Waals surface area contributed by atoms with Gasteiger partial charge in [0.25, 0.3) is 5.91 Å². The summed E-state index contributed by atoms with van der Waals surface area (Å²) in [5.74, 6) is -0.113. The molecule has 1 amide bonds. The van der Waals surface area contributed by atoms with Crippen molar-refractivity contribution in [2.75, 3.05) is 5.32 Å². The van der Waals surface area contributed by atoms with Crippen LogP contribution < -0.4 is 5.32 Å². The minimum absolute atomic E-state index is 0.113. The van der Waals surface area contributed by atoms with Crippen molar-refractivity contribution < 1.29 is 4.79 Å². The van der Waals surface area contributed by atoms with Crippen LogP contribution in [0.3, 0.4) is 0 Å². The van der Waals surface area contributed by atoms with Gasteiger partial charge in [0.05, 0.1) is 0 Å². The molecule has 0 radical (unpaired) electrons. The summed E-state index contributed by atoms with van der Waals surface area (Å²) < 4.78 is 0. The average Bonchev–Trinajstić information content (AvgIpc) is 2.32. The Morgan fingerprint density at radius 2 is 1.89 bits per heavy atom. The maximum Gasteiger partial charge on any atom is 0.255 e. The molecule has 0 spiro atoms. The third-order valence-electron chi connectivity index (χ3n) is 2.74. The first-order valence-electron chi connectivity index (χ1n) is 5.74. The SMILES string of the molecule is Cc1ccc(NC(=O)c2cccc(S)c2)c(C)c1. The van der Waals surface area contributed by atoms with Crippen molar-refractivity contribution in [2.24, 2.45) is 0 Å². The second-order valence-corrected chi connectivity index (χ2v) is 4.84. The second-order valence-electron chi connectivity index (χ2n) is 4.32. The highest BCUT2D eigenvalue weighted by Gasteiger charge is 2.07. The van der Waals surface area contributed by atoms with Crippen LogP contribution in [0.1, 0.15) is 21.5 Å². The van der Waals surface area contributed by atoms with Gasteiger partial charge in [-0.2, -0.15) is 0 Å². The number of rotatable bonds is 2. The summed E-state index contributed by atoms with van der Waals surface area (Å²) in [6, 6.07) is 13.1. The summed E-state index contributed by atoms with van der Waals surface area (Å²) in [6.07, 6.45) is 0. The number of amides is 1. The Hall–Kier alpha value is -1.74. The molecule has 2 aromatic carbocycles. The molecular formula is C15H15NOS. The zero-order valence-electron chi connectivity index (χ0n) is 10.4. The van der Waals surface area contributed by atoms with Gasteiger partial charge in [-0.25, -0.2) is 0 Å². The third-order valence-corrected chi connectivity index (χ3v) is 3.02. The molecular weight excluding hydrogens is 242 g/mol. The standard InChI is InChI=1S/C15H15NOS/c1-10-6-7-14(11(2)8-10)16-15(17)12-4-3-5-13(18)9-12/h3-9,18H,1-2H3,(H,16,17). The summed E-state index contributed by atoms with van der Waals surface area (Å²) in [5.41, 5.74) is 3.70. The van der Waals surface area contributed by atoms with Gasteiger partial charge < -0.3 is 5.32 Å². The predicted molar refractivity (Wildman–Crippen MR) is 77.6 cm³/mol. The van der Waals surface area contributed by atoms with Gasteiger partial charge in [-0.1, -0.05) is 23.8 Å². The highest BCUT2D eigenvalue weighted by atomic mass is 32.1. The zero-order chi connectivity index (χ0) is 13.1. The Morgan fingerprint density at radius 3 is 2.56 bits per heavy atom. The van der Waals surface area contributed by atoms with Crippen molar-refractivity contribution in [1.82, 2.24) is 0 Å². The van der Waals surface area contributed by atoms with Gasteiger partial charge in [0.1, 0.15) is 0 Å². The van der Waals surface area contributed by atoms with Crippen LogP contribution in [0, 0.1) is 13.8 Å². The van der Waals surface area contributed by atoms with E-state index < -0.39 is 0 Å². The van der Waals surface area contributed by atoms with E-state index in [1.165, 1.54) is 5.56 Å². The van der Waals surface area contributed by atoms with Crippen LogP contribution in [0.2, 0.25) is 0 Å². The van der Waals surface area contributed by atoms with Gasteiger partial charge in [0, 0.05) is 16.1 Å². The van der Waals surface area contributed by atoms with Crippen molar-refractivity contribution in [3.8, 4) is 0 Å². The molecule has 92 valence electrons. The van der Waals surface area contributed by atoms with Crippen LogP contribution in [0.15, 0.2) is 47.4 Å². The topological polar surface area (TPSA) is 29.1 Å². The number of carbonyl (C=O) groups is 1. The summed E-state index contributed by atoms with van der Waals surface area (Å²) in [6.45, 7) is 4.01. The molecule has 0 aromatic heterocycles. The molecule has 18 heavy (non-hydrogen) atoms. The molecule has 0 heterocycles. The highest BCUT2D eigenvalue weighted by molar-refractivity contribution is 7.80. The zero-order valence-corrected chi connectivity index (χ0v) is 11.3. The van der Waals surface area contributed by atoms with E-state index in [-0.39, 0.29) is 5.91 Å². The summed E-state index contributed by atoms with van der Waals surface area (Å²) in [5, 5.41) is 2.91. The molecule has 2 aromatic rings. The lowest BCUT2D eigenvalue weighted by molar-refractivity contribution is 0.102. The molecule has 2 nitrogen and oxygen atoms in total. The lowest BCUT2D eigenvalue weighted by Crippen LogP contribution is -2.12. The van der Waals surface area contributed by atoms with E-state index in [0.29, 0.717) is 5.56 Å². The average molecular weight is 257 g/mol. The third kappa shape index (κ3) is 2.93. The first-order chi connectivity index (χ1) is 8.56. The van der Waals surface area contributed by atoms with Crippen LogP contribution in [0.5, 0.6) is 0 Å². The predicted octanol–water partition coefficient (Wildman–Crippen LogP) is 3.84. The first-order valence-corrected chi connectivity index (χ1v) is 6.18. The normalized spacial score (nSPS) is 10.2. The van der Waals surface area contributed by atoms with Gasteiger partial charge >= 0.3 is 0 Å². The number of benzene rings is 2. The fourth-order valence-corrected chi connectivity index (χ4v) is 2.02. The fraction of sp³-hybridized carbons (Fsp3) is 0.133. The summed E-state index contributed by atoms with van der Waals surface area (Å²) in [4.78, 5) is 12.8. The molecule has 0 aliphatic heterocycles. The Kier molecular flexibility index (Phi) is 3.72. The van der Waals surface area contributed by atoms with Crippen LogP contribution >= 0.6 is 12.6 Å². The number of aryl methyl sites for hydroxylation is 2. The maximum absolute atomic E-state index is 12.1. The molecule has 0 saturated carbocycles. The van der Waals surface area contributed by atoms with Gasteiger partial charge in [-0.3, -0.25) is 4.79 Å². The molecule has 0 aliphatic rings. The van der Waals surface area contributed by atoms with E-state index in [0.717, 1.165) is 16.1 Å². The Balaban J connectivity index is 2.21. The molecule has 0 saturated heterocycles. The van der Waals surface area contributed by atoms with E-state index in [1.54, 1.807) is 12.1 Å². The Bertz CT molecular complexity index is 593. The molecule has 3 heteroatoms. The number of hydrogen-bond donors (Lipinski definition) is 2. The molecule has 2 rings (SSSR count). The van der Waals surface area contributed by atoms with E-state index in [1.807, 2.05) is 44.2 Å². The quantitative estimate of drug-likeness (QED) is 0.786.